The highest BCUT2D eigenvalue weighted by Gasteiger charge is 2.15. The van der Waals surface area contributed by atoms with Crippen molar-refractivity contribution in [3.8, 4) is 0 Å². The summed E-state index contributed by atoms with van der Waals surface area (Å²) in [5, 5.41) is 2.96. The SMILES string of the molecule is Cc1ccc(Br)c(NC(=O)C(C)c2ccccc2)c1. The van der Waals surface area contributed by atoms with Gasteiger partial charge in [0.15, 0.2) is 0 Å². The molecule has 0 bridgehead atoms. The quantitative estimate of drug-likeness (QED) is 0.887. The topological polar surface area (TPSA) is 29.1 Å². The number of anilines is 1. The monoisotopic (exact) mass is 317 g/mol. The Hall–Kier alpha value is -1.61. The van der Waals surface area contributed by atoms with Crippen molar-refractivity contribution in [2.75, 3.05) is 5.32 Å². The summed E-state index contributed by atoms with van der Waals surface area (Å²) in [5.41, 5.74) is 2.95. The van der Waals surface area contributed by atoms with Gasteiger partial charge in [-0.1, -0.05) is 36.4 Å². The van der Waals surface area contributed by atoms with Crippen molar-refractivity contribution in [2.24, 2.45) is 0 Å². The van der Waals surface area contributed by atoms with Crippen molar-refractivity contribution in [3.63, 3.8) is 0 Å². The molecule has 1 unspecified atom stereocenters. The van der Waals surface area contributed by atoms with Crippen LogP contribution in [0.4, 0.5) is 5.69 Å². The van der Waals surface area contributed by atoms with Crippen LogP contribution in [0.3, 0.4) is 0 Å². The normalized spacial score (nSPS) is 11.9. The molecule has 2 nitrogen and oxygen atoms in total. The summed E-state index contributed by atoms with van der Waals surface area (Å²) < 4.78 is 0.895. The first kappa shape index (κ1) is 13.8. The van der Waals surface area contributed by atoms with Gasteiger partial charge >= 0.3 is 0 Å². The Morgan fingerprint density at radius 3 is 2.53 bits per heavy atom. The van der Waals surface area contributed by atoms with Gasteiger partial charge in [-0.15, -0.1) is 0 Å². The lowest BCUT2D eigenvalue weighted by Gasteiger charge is -2.14. The molecule has 0 saturated heterocycles. The number of aryl methyl sites for hydroxylation is 1. The van der Waals surface area contributed by atoms with Gasteiger partial charge in [-0.2, -0.15) is 0 Å². The van der Waals surface area contributed by atoms with E-state index in [0.717, 1.165) is 21.3 Å². The van der Waals surface area contributed by atoms with Gasteiger partial charge < -0.3 is 5.32 Å². The minimum atomic E-state index is -0.173. The van der Waals surface area contributed by atoms with Crippen molar-refractivity contribution in [1.82, 2.24) is 0 Å². The van der Waals surface area contributed by atoms with Crippen LogP contribution in [-0.4, -0.2) is 5.91 Å². The fourth-order valence-corrected chi connectivity index (χ4v) is 2.21. The summed E-state index contributed by atoms with van der Waals surface area (Å²) in [5.74, 6) is -0.175. The number of nitrogens with one attached hydrogen (secondary N) is 1. The molecule has 2 rings (SSSR count). The molecule has 2 aromatic rings. The zero-order chi connectivity index (χ0) is 13.8. The minimum Gasteiger partial charge on any atom is -0.325 e. The number of rotatable bonds is 3. The summed E-state index contributed by atoms with van der Waals surface area (Å²) in [7, 11) is 0. The third-order valence-electron chi connectivity index (χ3n) is 3.07. The number of amides is 1. The van der Waals surface area contributed by atoms with Gasteiger partial charge in [-0.05, 0) is 53.0 Å². The van der Waals surface area contributed by atoms with Crippen LogP contribution in [0, 0.1) is 6.92 Å². The molecule has 0 radical (unpaired) electrons. The van der Waals surface area contributed by atoms with Gasteiger partial charge in [0.1, 0.15) is 0 Å². The van der Waals surface area contributed by atoms with E-state index in [4.69, 9.17) is 0 Å². The smallest absolute Gasteiger partial charge is 0.231 e. The Balaban J connectivity index is 2.15. The lowest BCUT2D eigenvalue weighted by Crippen LogP contribution is -2.19. The van der Waals surface area contributed by atoms with Crippen LogP contribution in [0.15, 0.2) is 53.0 Å². The Morgan fingerprint density at radius 1 is 1.16 bits per heavy atom. The molecule has 98 valence electrons. The molecule has 3 heteroatoms. The second-order valence-corrected chi connectivity index (χ2v) is 5.46. The number of carbonyl (C=O) groups excluding carboxylic acids is 1. The molecular formula is C16H16BrNO. The Morgan fingerprint density at radius 2 is 1.84 bits per heavy atom. The summed E-state index contributed by atoms with van der Waals surface area (Å²) in [6, 6.07) is 15.7. The van der Waals surface area contributed by atoms with Crippen molar-refractivity contribution in [2.45, 2.75) is 19.8 Å². The van der Waals surface area contributed by atoms with Crippen molar-refractivity contribution in [1.29, 1.82) is 0 Å². The summed E-state index contributed by atoms with van der Waals surface area (Å²) >= 11 is 3.45. The Kier molecular flexibility index (Phi) is 4.38. The van der Waals surface area contributed by atoms with E-state index in [1.165, 1.54) is 0 Å². The van der Waals surface area contributed by atoms with E-state index in [1.54, 1.807) is 0 Å². The largest absolute Gasteiger partial charge is 0.325 e. The van der Waals surface area contributed by atoms with Crippen LogP contribution in [0.1, 0.15) is 24.0 Å². The molecule has 0 saturated carbocycles. The summed E-state index contributed by atoms with van der Waals surface area (Å²) in [6.45, 7) is 3.91. The van der Waals surface area contributed by atoms with Gasteiger partial charge in [0.05, 0.1) is 11.6 Å². The predicted molar refractivity (Wildman–Crippen MR) is 82.4 cm³/mol. The third kappa shape index (κ3) is 3.44. The lowest BCUT2D eigenvalue weighted by atomic mass is 10.0. The van der Waals surface area contributed by atoms with Crippen LogP contribution in [0.25, 0.3) is 0 Å². The van der Waals surface area contributed by atoms with Crippen LogP contribution < -0.4 is 5.32 Å². The van der Waals surface area contributed by atoms with E-state index < -0.39 is 0 Å². The second kappa shape index (κ2) is 6.02. The van der Waals surface area contributed by atoms with E-state index in [2.05, 4.69) is 21.2 Å². The van der Waals surface area contributed by atoms with E-state index in [1.807, 2.05) is 62.4 Å². The molecular weight excluding hydrogens is 302 g/mol. The highest BCUT2D eigenvalue weighted by atomic mass is 79.9. The number of benzene rings is 2. The molecule has 0 aliphatic rings. The van der Waals surface area contributed by atoms with E-state index in [9.17, 15) is 4.79 Å². The standard InChI is InChI=1S/C16H16BrNO/c1-11-8-9-14(17)15(10-11)18-16(19)12(2)13-6-4-3-5-7-13/h3-10,12H,1-2H3,(H,18,19). The molecule has 2 aromatic carbocycles. The maximum Gasteiger partial charge on any atom is 0.231 e. The van der Waals surface area contributed by atoms with Crippen molar-refractivity contribution < 1.29 is 4.79 Å². The minimum absolute atomic E-state index is 0.00231. The highest BCUT2D eigenvalue weighted by Crippen LogP contribution is 2.25. The number of hydrogen-bond acceptors (Lipinski definition) is 1. The average Bonchev–Trinajstić information content (AvgIpc) is 2.43. The van der Waals surface area contributed by atoms with Crippen molar-refractivity contribution >= 4 is 27.5 Å². The Labute approximate surface area is 122 Å². The number of halogens is 1. The second-order valence-electron chi connectivity index (χ2n) is 4.60. The zero-order valence-electron chi connectivity index (χ0n) is 11.0. The summed E-state index contributed by atoms with van der Waals surface area (Å²) in [4.78, 5) is 12.2. The van der Waals surface area contributed by atoms with E-state index in [0.29, 0.717) is 0 Å². The Bertz CT molecular complexity index is 581. The van der Waals surface area contributed by atoms with Crippen LogP contribution in [0.5, 0.6) is 0 Å². The van der Waals surface area contributed by atoms with Gasteiger partial charge in [0.2, 0.25) is 5.91 Å². The summed E-state index contributed by atoms with van der Waals surface area (Å²) in [6.07, 6.45) is 0. The average molecular weight is 318 g/mol. The molecule has 0 fully saturated rings. The molecule has 1 amide bonds. The van der Waals surface area contributed by atoms with E-state index in [-0.39, 0.29) is 11.8 Å². The fourth-order valence-electron chi connectivity index (χ4n) is 1.87. The van der Waals surface area contributed by atoms with Gasteiger partial charge in [-0.3, -0.25) is 4.79 Å². The maximum absolute atomic E-state index is 12.2. The third-order valence-corrected chi connectivity index (χ3v) is 3.76. The number of carbonyl (C=O) groups is 1. The molecule has 1 atom stereocenters. The molecule has 0 aliphatic heterocycles. The highest BCUT2D eigenvalue weighted by molar-refractivity contribution is 9.10. The van der Waals surface area contributed by atoms with E-state index >= 15 is 0 Å². The molecule has 0 aliphatic carbocycles. The molecule has 19 heavy (non-hydrogen) atoms. The molecule has 0 spiro atoms. The van der Waals surface area contributed by atoms with Crippen molar-refractivity contribution in [3.05, 3.63) is 64.1 Å². The first-order valence-electron chi connectivity index (χ1n) is 6.20. The molecule has 0 aromatic heterocycles. The van der Waals surface area contributed by atoms with Gasteiger partial charge in [-0.25, -0.2) is 0 Å². The van der Waals surface area contributed by atoms with Crippen LogP contribution in [0.2, 0.25) is 0 Å². The molecule has 0 heterocycles. The predicted octanol–water partition coefficient (Wildman–Crippen LogP) is 4.50. The van der Waals surface area contributed by atoms with Crippen LogP contribution in [-0.2, 0) is 4.79 Å². The maximum atomic E-state index is 12.2. The first-order chi connectivity index (χ1) is 9.08. The molecule has 1 N–H and O–H groups in total. The first-order valence-corrected chi connectivity index (χ1v) is 6.99. The zero-order valence-corrected chi connectivity index (χ0v) is 12.6. The van der Waals surface area contributed by atoms with Gasteiger partial charge in [0, 0.05) is 4.47 Å². The van der Waals surface area contributed by atoms with Crippen LogP contribution >= 0.6 is 15.9 Å². The lowest BCUT2D eigenvalue weighted by molar-refractivity contribution is -0.117. The van der Waals surface area contributed by atoms with Gasteiger partial charge in [0.25, 0.3) is 0 Å². The number of hydrogen-bond donors (Lipinski definition) is 1. The fraction of sp³-hybridized carbons (Fsp3) is 0.188.